The molecule has 1 fully saturated rings. The number of carbonyl (C=O) groups excluding carboxylic acids is 1. The second kappa shape index (κ2) is 7.25. The number of hydrogen-bond donors (Lipinski definition) is 1. The van der Waals surface area contributed by atoms with Gasteiger partial charge >= 0.3 is 0 Å². The summed E-state index contributed by atoms with van der Waals surface area (Å²) in [7, 11) is 1.82. The van der Waals surface area contributed by atoms with Crippen LogP contribution in [0.3, 0.4) is 0 Å². The highest BCUT2D eigenvalue weighted by molar-refractivity contribution is 7.07. The zero-order valence-electron chi connectivity index (χ0n) is 14.6. The van der Waals surface area contributed by atoms with Gasteiger partial charge in [0, 0.05) is 37.0 Å². The lowest BCUT2D eigenvalue weighted by molar-refractivity contribution is 0.0730. The van der Waals surface area contributed by atoms with Gasteiger partial charge in [-0.05, 0) is 53.4 Å². The minimum Gasteiger partial charge on any atom is -0.373 e. The Balaban J connectivity index is 1.61. The van der Waals surface area contributed by atoms with Crippen LogP contribution in [0.25, 0.3) is 11.4 Å². The van der Waals surface area contributed by atoms with E-state index in [4.69, 9.17) is 0 Å². The van der Waals surface area contributed by atoms with E-state index in [0.717, 1.165) is 24.2 Å². The van der Waals surface area contributed by atoms with Gasteiger partial charge in [0.2, 0.25) is 0 Å². The molecule has 0 atom stereocenters. The van der Waals surface area contributed by atoms with Gasteiger partial charge in [-0.2, -0.15) is 11.3 Å². The number of hydrogen-bond acceptors (Lipinski definition) is 5. The average Bonchev–Trinajstić information content (AvgIpc) is 3.41. The van der Waals surface area contributed by atoms with Crippen LogP contribution in [-0.2, 0) is 6.54 Å². The first-order valence-electron chi connectivity index (χ1n) is 8.68. The summed E-state index contributed by atoms with van der Waals surface area (Å²) in [5, 5.41) is 7.18. The fraction of sp³-hybridized carbons (Fsp3) is 0.250. The first-order valence-corrected chi connectivity index (χ1v) is 9.62. The summed E-state index contributed by atoms with van der Waals surface area (Å²) in [6, 6.07) is 11.8. The van der Waals surface area contributed by atoms with Gasteiger partial charge in [0.05, 0.1) is 0 Å². The normalized spacial score (nSPS) is 13.4. The van der Waals surface area contributed by atoms with Crippen molar-refractivity contribution >= 4 is 23.1 Å². The van der Waals surface area contributed by atoms with Crippen LogP contribution in [0.2, 0.25) is 0 Å². The van der Waals surface area contributed by atoms with Gasteiger partial charge < -0.3 is 10.2 Å². The maximum absolute atomic E-state index is 13.1. The smallest absolute Gasteiger partial charge is 0.254 e. The molecule has 1 N–H and O–H groups in total. The Hall–Kier alpha value is -2.73. The molecule has 3 aromatic rings. The van der Waals surface area contributed by atoms with Crippen molar-refractivity contribution in [1.82, 2.24) is 14.9 Å². The number of nitrogens with one attached hydrogen (secondary N) is 1. The molecule has 0 saturated heterocycles. The third kappa shape index (κ3) is 3.60. The molecular formula is C20H20N4OS. The van der Waals surface area contributed by atoms with Gasteiger partial charge in [-0.1, -0.05) is 12.1 Å². The Morgan fingerprint density at radius 1 is 1.31 bits per heavy atom. The van der Waals surface area contributed by atoms with Crippen molar-refractivity contribution in [2.75, 3.05) is 12.4 Å². The molecule has 1 amide bonds. The van der Waals surface area contributed by atoms with E-state index in [2.05, 4.69) is 32.1 Å². The van der Waals surface area contributed by atoms with E-state index in [0.29, 0.717) is 24.0 Å². The SMILES string of the molecule is CNc1ccnc(-c2cccc(C(=O)N(Cc3ccsc3)C3CC3)c2)n1. The summed E-state index contributed by atoms with van der Waals surface area (Å²) >= 11 is 1.66. The third-order valence-electron chi connectivity index (χ3n) is 4.46. The molecule has 0 unspecified atom stereocenters. The van der Waals surface area contributed by atoms with Crippen molar-refractivity contribution in [3.05, 3.63) is 64.5 Å². The molecule has 6 heteroatoms. The predicted molar refractivity (Wildman–Crippen MR) is 104 cm³/mol. The summed E-state index contributed by atoms with van der Waals surface area (Å²) in [4.78, 5) is 23.9. The van der Waals surface area contributed by atoms with Crippen LogP contribution in [0.15, 0.2) is 53.4 Å². The topological polar surface area (TPSA) is 58.1 Å². The number of carbonyl (C=O) groups is 1. The number of rotatable bonds is 6. The Bertz CT molecular complexity index is 906. The monoisotopic (exact) mass is 364 g/mol. The van der Waals surface area contributed by atoms with Crippen LogP contribution < -0.4 is 5.32 Å². The first-order chi connectivity index (χ1) is 12.7. The van der Waals surface area contributed by atoms with Crippen LogP contribution in [0, 0.1) is 0 Å². The van der Waals surface area contributed by atoms with Crippen molar-refractivity contribution in [2.45, 2.75) is 25.4 Å². The molecule has 2 heterocycles. The minimum atomic E-state index is 0.0744. The van der Waals surface area contributed by atoms with E-state index in [9.17, 15) is 4.79 Å². The summed E-state index contributed by atoms with van der Waals surface area (Å²) < 4.78 is 0. The quantitative estimate of drug-likeness (QED) is 0.717. The molecular weight excluding hydrogens is 344 g/mol. The third-order valence-corrected chi connectivity index (χ3v) is 5.19. The van der Waals surface area contributed by atoms with E-state index in [1.165, 1.54) is 5.56 Å². The molecule has 26 heavy (non-hydrogen) atoms. The van der Waals surface area contributed by atoms with Crippen LogP contribution in [-0.4, -0.2) is 33.9 Å². The highest BCUT2D eigenvalue weighted by Gasteiger charge is 2.33. The minimum absolute atomic E-state index is 0.0744. The number of anilines is 1. The zero-order chi connectivity index (χ0) is 17.9. The van der Waals surface area contributed by atoms with Gasteiger partial charge in [-0.25, -0.2) is 9.97 Å². The highest BCUT2D eigenvalue weighted by atomic mass is 32.1. The molecule has 0 aliphatic heterocycles. The number of aromatic nitrogens is 2. The van der Waals surface area contributed by atoms with E-state index in [1.54, 1.807) is 17.5 Å². The second-order valence-electron chi connectivity index (χ2n) is 6.39. The number of nitrogens with zero attached hydrogens (tertiary/aromatic N) is 3. The maximum Gasteiger partial charge on any atom is 0.254 e. The van der Waals surface area contributed by atoms with Gasteiger partial charge in [0.1, 0.15) is 5.82 Å². The van der Waals surface area contributed by atoms with Crippen molar-refractivity contribution < 1.29 is 4.79 Å². The number of benzene rings is 1. The first kappa shape index (κ1) is 16.7. The summed E-state index contributed by atoms with van der Waals surface area (Å²) in [5.41, 5.74) is 2.72. The van der Waals surface area contributed by atoms with Crippen molar-refractivity contribution in [3.63, 3.8) is 0 Å². The van der Waals surface area contributed by atoms with Gasteiger partial charge in [0.15, 0.2) is 5.82 Å². The van der Waals surface area contributed by atoms with Crippen LogP contribution in [0.1, 0.15) is 28.8 Å². The number of thiophene rings is 1. The van der Waals surface area contributed by atoms with E-state index < -0.39 is 0 Å². The van der Waals surface area contributed by atoms with Crippen molar-refractivity contribution in [2.24, 2.45) is 0 Å². The Labute approximate surface area is 156 Å². The van der Waals surface area contributed by atoms with Crippen LogP contribution in [0.5, 0.6) is 0 Å². The molecule has 2 aromatic heterocycles. The second-order valence-corrected chi connectivity index (χ2v) is 7.17. The lowest BCUT2D eigenvalue weighted by Crippen LogP contribution is -2.32. The molecule has 0 radical (unpaired) electrons. The number of amides is 1. The maximum atomic E-state index is 13.1. The molecule has 1 aliphatic rings. The zero-order valence-corrected chi connectivity index (χ0v) is 15.4. The predicted octanol–water partition coefficient (Wildman–Crippen LogP) is 4.05. The Kier molecular flexibility index (Phi) is 4.67. The Morgan fingerprint density at radius 2 is 2.19 bits per heavy atom. The van der Waals surface area contributed by atoms with E-state index in [-0.39, 0.29) is 5.91 Å². The summed E-state index contributed by atoms with van der Waals surface area (Å²) in [6.07, 6.45) is 3.89. The summed E-state index contributed by atoms with van der Waals surface area (Å²) in [6.45, 7) is 0.670. The van der Waals surface area contributed by atoms with Crippen LogP contribution in [0.4, 0.5) is 5.82 Å². The van der Waals surface area contributed by atoms with Gasteiger partial charge in [0.25, 0.3) is 5.91 Å². The molecule has 132 valence electrons. The Morgan fingerprint density at radius 3 is 2.92 bits per heavy atom. The van der Waals surface area contributed by atoms with E-state index in [1.807, 2.05) is 42.3 Å². The molecule has 4 rings (SSSR count). The lowest BCUT2D eigenvalue weighted by Gasteiger charge is -2.22. The summed E-state index contributed by atoms with van der Waals surface area (Å²) in [5.74, 6) is 1.44. The fourth-order valence-corrected chi connectivity index (χ4v) is 3.59. The molecule has 0 spiro atoms. The van der Waals surface area contributed by atoms with Gasteiger partial charge in [-0.3, -0.25) is 4.79 Å². The van der Waals surface area contributed by atoms with Gasteiger partial charge in [-0.15, -0.1) is 0 Å². The molecule has 1 saturated carbocycles. The molecule has 5 nitrogen and oxygen atoms in total. The standard InChI is InChI=1S/C20H20N4OS/c1-21-18-7-9-22-19(23-18)15-3-2-4-16(11-15)20(25)24(17-5-6-17)12-14-8-10-26-13-14/h2-4,7-11,13,17H,5-6,12H2,1H3,(H,21,22,23). The molecule has 0 bridgehead atoms. The average molecular weight is 364 g/mol. The molecule has 1 aromatic carbocycles. The highest BCUT2D eigenvalue weighted by Crippen LogP contribution is 2.30. The fourth-order valence-electron chi connectivity index (χ4n) is 2.93. The molecule has 1 aliphatic carbocycles. The lowest BCUT2D eigenvalue weighted by atomic mass is 10.1. The van der Waals surface area contributed by atoms with Crippen molar-refractivity contribution in [3.8, 4) is 11.4 Å². The largest absolute Gasteiger partial charge is 0.373 e. The van der Waals surface area contributed by atoms with Crippen LogP contribution >= 0.6 is 11.3 Å². The van der Waals surface area contributed by atoms with Crippen molar-refractivity contribution in [1.29, 1.82) is 0 Å². The van der Waals surface area contributed by atoms with E-state index >= 15 is 0 Å².